The monoisotopic (exact) mass is 178 g/mol. The molecule has 0 unspecified atom stereocenters. The van der Waals surface area contributed by atoms with Gasteiger partial charge in [-0.2, -0.15) is 0 Å². The normalized spacial score (nSPS) is 34.2. The summed E-state index contributed by atoms with van der Waals surface area (Å²) in [5, 5.41) is 19.4. The summed E-state index contributed by atoms with van der Waals surface area (Å²) in [7, 11) is 0. The largest absolute Gasteiger partial charge is 0.393 e. The molecule has 1 aliphatic rings. The fraction of sp³-hybridized carbons (Fsp3) is 0.455. The fourth-order valence-electron chi connectivity index (χ4n) is 1.90. The third-order valence-corrected chi connectivity index (χ3v) is 2.84. The van der Waals surface area contributed by atoms with Crippen LogP contribution in [0.1, 0.15) is 18.9 Å². The van der Waals surface area contributed by atoms with Gasteiger partial charge in [0.25, 0.3) is 0 Å². The maximum atomic E-state index is 10.1. The summed E-state index contributed by atoms with van der Waals surface area (Å²) in [6.45, 7) is 1.73. The van der Waals surface area contributed by atoms with Gasteiger partial charge in [-0.25, -0.2) is 0 Å². The molecule has 3 atom stereocenters. The van der Waals surface area contributed by atoms with Crippen LogP contribution in [0.3, 0.4) is 0 Å². The number of rotatable bonds is 2. The van der Waals surface area contributed by atoms with Gasteiger partial charge in [0.2, 0.25) is 0 Å². The highest BCUT2D eigenvalue weighted by molar-refractivity contribution is 5.30. The van der Waals surface area contributed by atoms with Gasteiger partial charge in [0.05, 0.1) is 11.7 Å². The van der Waals surface area contributed by atoms with Crippen LogP contribution in [-0.2, 0) is 5.60 Å². The molecule has 1 aromatic carbocycles. The summed E-state index contributed by atoms with van der Waals surface area (Å²) in [5.41, 5.74) is 0.149. The molecule has 0 aliphatic heterocycles. The zero-order valence-electron chi connectivity index (χ0n) is 7.64. The van der Waals surface area contributed by atoms with E-state index in [0.29, 0.717) is 6.42 Å². The second kappa shape index (κ2) is 2.82. The summed E-state index contributed by atoms with van der Waals surface area (Å²) in [4.78, 5) is 0. The van der Waals surface area contributed by atoms with Crippen LogP contribution >= 0.6 is 0 Å². The molecule has 0 bridgehead atoms. The minimum absolute atomic E-state index is 0.00917. The Kier molecular flexibility index (Phi) is 1.90. The summed E-state index contributed by atoms with van der Waals surface area (Å²) in [6.07, 6.45) is 0.250. The number of hydrogen-bond donors (Lipinski definition) is 2. The van der Waals surface area contributed by atoms with Crippen LogP contribution in [0.4, 0.5) is 0 Å². The summed E-state index contributed by atoms with van der Waals surface area (Å²) in [5.74, 6) is 0.00917. The lowest BCUT2D eigenvalue weighted by Gasteiger charge is -2.11. The maximum absolute atomic E-state index is 10.1. The Bertz CT molecular complexity index is 294. The van der Waals surface area contributed by atoms with E-state index >= 15 is 0 Å². The third-order valence-electron chi connectivity index (χ3n) is 2.84. The first-order valence-corrected chi connectivity index (χ1v) is 4.60. The van der Waals surface area contributed by atoms with Crippen molar-refractivity contribution in [2.45, 2.75) is 25.0 Å². The van der Waals surface area contributed by atoms with Crippen LogP contribution in [0.15, 0.2) is 30.3 Å². The first-order chi connectivity index (χ1) is 6.14. The summed E-state index contributed by atoms with van der Waals surface area (Å²) in [6, 6.07) is 9.55. The SMILES string of the molecule is C[C@H](O)[C@@H]1C[C@@]1(O)c1ccccc1. The molecule has 2 heteroatoms. The Morgan fingerprint density at radius 2 is 2.00 bits per heavy atom. The van der Waals surface area contributed by atoms with Gasteiger partial charge < -0.3 is 10.2 Å². The maximum Gasteiger partial charge on any atom is 0.0955 e. The van der Waals surface area contributed by atoms with Crippen molar-refractivity contribution in [2.75, 3.05) is 0 Å². The zero-order valence-corrected chi connectivity index (χ0v) is 7.64. The van der Waals surface area contributed by atoms with Gasteiger partial charge in [-0.3, -0.25) is 0 Å². The zero-order chi connectivity index (χ0) is 9.47. The molecule has 2 nitrogen and oxygen atoms in total. The molecule has 0 radical (unpaired) electrons. The smallest absolute Gasteiger partial charge is 0.0955 e. The van der Waals surface area contributed by atoms with Gasteiger partial charge in [0, 0.05) is 5.92 Å². The Hall–Kier alpha value is -0.860. The highest BCUT2D eigenvalue weighted by Crippen LogP contribution is 2.53. The minimum Gasteiger partial charge on any atom is -0.393 e. The molecule has 70 valence electrons. The van der Waals surface area contributed by atoms with E-state index in [1.807, 2.05) is 30.3 Å². The van der Waals surface area contributed by atoms with Gasteiger partial charge in [0.15, 0.2) is 0 Å². The lowest BCUT2D eigenvalue weighted by molar-refractivity contribution is 0.0784. The molecule has 1 saturated carbocycles. The first kappa shape index (κ1) is 8.73. The number of benzene rings is 1. The number of aliphatic hydroxyl groups is 2. The summed E-state index contributed by atoms with van der Waals surface area (Å²) < 4.78 is 0. The number of aliphatic hydroxyl groups excluding tert-OH is 1. The first-order valence-electron chi connectivity index (χ1n) is 4.60. The highest BCUT2D eigenvalue weighted by Gasteiger charge is 2.56. The van der Waals surface area contributed by atoms with E-state index in [1.165, 1.54) is 0 Å². The Balaban J connectivity index is 2.21. The van der Waals surface area contributed by atoms with Gasteiger partial charge in [-0.1, -0.05) is 30.3 Å². The average Bonchev–Trinajstić information content (AvgIpc) is 2.82. The van der Waals surface area contributed by atoms with Gasteiger partial charge >= 0.3 is 0 Å². The van der Waals surface area contributed by atoms with E-state index in [-0.39, 0.29) is 5.92 Å². The van der Waals surface area contributed by atoms with Crippen molar-refractivity contribution in [1.82, 2.24) is 0 Å². The van der Waals surface area contributed by atoms with E-state index in [4.69, 9.17) is 0 Å². The van der Waals surface area contributed by atoms with Crippen LogP contribution in [0, 0.1) is 5.92 Å². The van der Waals surface area contributed by atoms with E-state index in [0.717, 1.165) is 5.56 Å². The Labute approximate surface area is 77.8 Å². The lowest BCUT2D eigenvalue weighted by atomic mass is 10.0. The average molecular weight is 178 g/mol. The van der Waals surface area contributed by atoms with Gasteiger partial charge in [-0.15, -0.1) is 0 Å². The van der Waals surface area contributed by atoms with E-state index < -0.39 is 11.7 Å². The molecule has 0 saturated heterocycles. The van der Waals surface area contributed by atoms with Crippen LogP contribution in [0.2, 0.25) is 0 Å². The molecular formula is C11H14O2. The Morgan fingerprint density at radius 3 is 2.46 bits per heavy atom. The lowest BCUT2D eigenvalue weighted by Crippen LogP contribution is -2.15. The second-order valence-electron chi connectivity index (χ2n) is 3.84. The Morgan fingerprint density at radius 1 is 1.38 bits per heavy atom. The van der Waals surface area contributed by atoms with Crippen molar-refractivity contribution >= 4 is 0 Å². The van der Waals surface area contributed by atoms with E-state index in [2.05, 4.69) is 0 Å². The molecule has 0 aromatic heterocycles. The number of hydrogen-bond acceptors (Lipinski definition) is 2. The van der Waals surface area contributed by atoms with Crippen molar-refractivity contribution in [3.63, 3.8) is 0 Å². The van der Waals surface area contributed by atoms with Crippen LogP contribution in [0.5, 0.6) is 0 Å². The predicted octanol–water partition coefficient (Wildman–Crippen LogP) is 1.27. The minimum atomic E-state index is -0.768. The van der Waals surface area contributed by atoms with E-state index in [1.54, 1.807) is 6.92 Å². The highest BCUT2D eigenvalue weighted by atomic mass is 16.3. The van der Waals surface area contributed by atoms with Crippen molar-refractivity contribution in [2.24, 2.45) is 5.92 Å². The van der Waals surface area contributed by atoms with E-state index in [9.17, 15) is 10.2 Å². The van der Waals surface area contributed by atoms with Gasteiger partial charge in [0.1, 0.15) is 0 Å². The molecule has 1 aliphatic carbocycles. The molecule has 0 amide bonds. The van der Waals surface area contributed by atoms with Crippen molar-refractivity contribution in [3.05, 3.63) is 35.9 Å². The molecular weight excluding hydrogens is 164 g/mol. The van der Waals surface area contributed by atoms with Crippen LogP contribution in [0.25, 0.3) is 0 Å². The molecule has 2 N–H and O–H groups in total. The molecule has 2 rings (SSSR count). The topological polar surface area (TPSA) is 40.5 Å². The molecule has 1 aromatic rings. The summed E-state index contributed by atoms with van der Waals surface area (Å²) >= 11 is 0. The molecule has 0 heterocycles. The standard InChI is InChI=1S/C11H14O2/c1-8(12)10-7-11(10,13)9-5-3-2-4-6-9/h2-6,8,10,12-13H,7H2,1H3/t8-,10-,11+/m0/s1. The van der Waals surface area contributed by atoms with Crippen molar-refractivity contribution in [3.8, 4) is 0 Å². The van der Waals surface area contributed by atoms with Crippen LogP contribution in [-0.4, -0.2) is 16.3 Å². The van der Waals surface area contributed by atoms with Crippen LogP contribution < -0.4 is 0 Å². The molecule has 0 spiro atoms. The van der Waals surface area contributed by atoms with Crippen molar-refractivity contribution < 1.29 is 10.2 Å². The van der Waals surface area contributed by atoms with Crippen molar-refractivity contribution in [1.29, 1.82) is 0 Å². The molecule has 13 heavy (non-hydrogen) atoms. The third kappa shape index (κ3) is 1.36. The van der Waals surface area contributed by atoms with Gasteiger partial charge in [-0.05, 0) is 18.9 Å². The quantitative estimate of drug-likeness (QED) is 0.716. The fourth-order valence-corrected chi connectivity index (χ4v) is 1.90. The molecule has 1 fully saturated rings. The predicted molar refractivity (Wildman–Crippen MR) is 50.1 cm³/mol. The second-order valence-corrected chi connectivity index (χ2v) is 3.84.